The molecule has 3 N–H and O–H groups in total. The van der Waals surface area contributed by atoms with Crippen LogP contribution in [0.2, 0.25) is 0 Å². The SMILES string of the molecule is Cc1cc(C#N)cc(C)c1Oc1nc(NC2CN(Cc3ccc(S(N)(=O)=O)cc3)C2)nc2ccsc12. The molecule has 0 spiro atoms. The highest BCUT2D eigenvalue weighted by molar-refractivity contribution is 7.89. The number of ether oxygens (including phenoxy) is 1. The molecule has 184 valence electrons. The molecule has 1 saturated heterocycles. The van der Waals surface area contributed by atoms with Gasteiger partial charge in [-0.3, -0.25) is 4.90 Å². The zero-order valence-corrected chi connectivity index (χ0v) is 21.4. The lowest BCUT2D eigenvalue weighted by atomic mass is 10.1. The van der Waals surface area contributed by atoms with Crippen molar-refractivity contribution in [2.75, 3.05) is 18.4 Å². The number of hydrogen-bond donors (Lipinski definition) is 2. The zero-order valence-electron chi connectivity index (χ0n) is 19.7. The summed E-state index contributed by atoms with van der Waals surface area (Å²) in [7, 11) is -3.69. The van der Waals surface area contributed by atoms with E-state index in [-0.39, 0.29) is 10.9 Å². The van der Waals surface area contributed by atoms with Crippen LogP contribution in [0.25, 0.3) is 10.2 Å². The topological polar surface area (TPSA) is 134 Å². The van der Waals surface area contributed by atoms with Crippen LogP contribution in [-0.4, -0.2) is 42.4 Å². The molecule has 0 unspecified atom stereocenters. The molecule has 0 aliphatic carbocycles. The quantitative estimate of drug-likeness (QED) is 0.374. The molecule has 36 heavy (non-hydrogen) atoms. The number of nitrogens with one attached hydrogen (secondary N) is 1. The average Bonchev–Trinajstić information content (AvgIpc) is 3.28. The summed E-state index contributed by atoms with van der Waals surface area (Å²) in [5.41, 5.74) is 4.16. The summed E-state index contributed by atoms with van der Waals surface area (Å²) in [6.45, 7) is 6.14. The molecule has 4 aromatic rings. The molecule has 0 atom stereocenters. The van der Waals surface area contributed by atoms with Crippen molar-refractivity contribution < 1.29 is 13.2 Å². The summed E-state index contributed by atoms with van der Waals surface area (Å²) >= 11 is 1.52. The van der Waals surface area contributed by atoms with Crippen LogP contribution >= 0.6 is 11.3 Å². The molecule has 0 bridgehead atoms. The first-order valence-electron chi connectivity index (χ1n) is 11.2. The Hall–Kier alpha value is -3.56. The minimum absolute atomic E-state index is 0.111. The van der Waals surface area contributed by atoms with Crippen LogP contribution in [0.3, 0.4) is 0 Å². The standard InChI is InChI=1S/C25H24N6O3S2/c1-15-9-18(11-26)10-16(2)22(15)34-24-23-21(7-8-35-23)29-25(30-24)28-19-13-31(14-19)12-17-3-5-20(6-4-17)36(27,32)33/h3-10,19H,12-14H2,1-2H3,(H2,27,32,33)(H,28,29,30). The second kappa shape index (κ2) is 9.48. The number of nitrogens with two attached hydrogens (primary N) is 1. The number of sulfonamides is 1. The van der Waals surface area contributed by atoms with E-state index in [4.69, 9.17) is 9.88 Å². The molecule has 2 aromatic heterocycles. The first kappa shape index (κ1) is 24.1. The van der Waals surface area contributed by atoms with Gasteiger partial charge in [0.25, 0.3) is 0 Å². The van der Waals surface area contributed by atoms with Crippen molar-refractivity contribution in [2.45, 2.75) is 31.3 Å². The van der Waals surface area contributed by atoms with Gasteiger partial charge in [-0.05, 0) is 66.2 Å². The third kappa shape index (κ3) is 5.03. The number of anilines is 1. The van der Waals surface area contributed by atoms with Gasteiger partial charge >= 0.3 is 0 Å². The van der Waals surface area contributed by atoms with Crippen molar-refractivity contribution in [1.29, 1.82) is 5.26 Å². The van der Waals surface area contributed by atoms with Crippen molar-refractivity contribution in [3.8, 4) is 17.7 Å². The van der Waals surface area contributed by atoms with Gasteiger partial charge in [0.05, 0.1) is 28.1 Å². The molecule has 1 fully saturated rings. The van der Waals surface area contributed by atoms with E-state index in [1.807, 2.05) is 25.3 Å². The molecule has 0 amide bonds. The van der Waals surface area contributed by atoms with Gasteiger partial charge in [-0.1, -0.05) is 12.1 Å². The van der Waals surface area contributed by atoms with Crippen molar-refractivity contribution in [2.24, 2.45) is 5.14 Å². The summed E-state index contributed by atoms with van der Waals surface area (Å²) in [4.78, 5) is 11.7. The summed E-state index contributed by atoms with van der Waals surface area (Å²) in [5, 5.41) is 19.7. The Kier molecular flexibility index (Phi) is 6.36. The van der Waals surface area contributed by atoms with E-state index in [2.05, 4.69) is 26.3 Å². The maximum atomic E-state index is 11.4. The van der Waals surface area contributed by atoms with Crippen molar-refractivity contribution in [3.63, 3.8) is 0 Å². The van der Waals surface area contributed by atoms with Gasteiger partial charge in [-0.2, -0.15) is 10.2 Å². The highest BCUT2D eigenvalue weighted by atomic mass is 32.2. The third-order valence-corrected chi connectivity index (χ3v) is 7.83. The third-order valence-electron chi connectivity index (χ3n) is 6.01. The van der Waals surface area contributed by atoms with Crippen LogP contribution in [0, 0.1) is 25.2 Å². The Bertz CT molecular complexity index is 1560. The lowest BCUT2D eigenvalue weighted by molar-refractivity contribution is 0.152. The van der Waals surface area contributed by atoms with Crippen LogP contribution < -0.4 is 15.2 Å². The summed E-state index contributed by atoms with van der Waals surface area (Å²) in [6, 6.07) is 14.5. The van der Waals surface area contributed by atoms with E-state index in [1.54, 1.807) is 24.3 Å². The van der Waals surface area contributed by atoms with E-state index in [1.165, 1.54) is 23.5 Å². The number of nitriles is 1. The number of aromatic nitrogens is 2. The Morgan fingerprint density at radius 3 is 2.50 bits per heavy atom. The fourth-order valence-corrected chi connectivity index (χ4v) is 5.53. The predicted molar refractivity (Wildman–Crippen MR) is 139 cm³/mol. The Balaban J connectivity index is 1.27. The maximum absolute atomic E-state index is 11.4. The van der Waals surface area contributed by atoms with E-state index >= 15 is 0 Å². The summed E-state index contributed by atoms with van der Waals surface area (Å²) in [6.07, 6.45) is 0. The molecule has 0 saturated carbocycles. The van der Waals surface area contributed by atoms with Crippen LogP contribution in [0.15, 0.2) is 52.7 Å². The summed E-state index contributed by atoms with van der Waals surface area (Å²) in [5.74, 6) is 1.68. The number of aryl methyl sites for hydroxylation is 2. The first-order valence-corrected chi connectivity index (χ1v) is 13.7. The van der Waals surface area contributed by atoms with Gasteiger partial charge in [0.1, 0.15) is 10.4 Å². The van der Waals surface area contributed by atoms with E-state index < -0.39 is 10.0 Å². The van der Waals surface area contributed by atoms with Gasteiger partial charge in [-0.15, -0.1) is 11.3 Å². The lowest BCUT2D eigenvalue weighted by Crippen LogP contribution is -2.54. The number of benzene rings is 2. The normalized spacial score (nSPS) is 14.4. The number of primary sulfonamides is 1. The maximum Gasteiger partial charge on any atom is 0.242 e. The van der Waals surface area contributed by atoms with E-state index in [9.17, 15) is 13.7 Å². The fraction of sp³-hybridized carbons (Fsp3) is 0.240. The van der Waals surface area contributed by atoms with Crippen molar-refractivity contribution >= 4 is 37.5 Å². The molecule has 0 radical (unpaired) electrons. The zero-order chi connectivity index (χ0) is 25.4. The number of rotatable bonds is 7. The molecular formula is C25H24N6O3S2. The molecule has 1 aliphatic rings. The van der Waals surface area contributed by atoms with E-state index in [0.29, 0.717) is 29.7 Å². The average molecular weight is 521 g/mol. The number of nitrogens with zero attached hydrogens (tertiary/aromatic N) is 4. The van der Waals surface area contributed by atoms with Gasteiger partial charge in [-0.25, -0.2) is 18.5 Å². The van der Waals surface area contributed by atoms with Gasteiger partial charge in [0.2, 0.25) is 21.9 Å². The Labute approximate surface area is 213 Å². The molecule has 9 nitrogen and oxygen atoms in total. The first-order chi connectivity index (χ1) is 17.2. The van der Waals surface area contributed by atoms with Gasteiger partial charge < -0.3 is 10.1 Å². The smallest absolute Gasteiger partial charge is 0.242 e. The number of thiophene rings is 1. The van der Waals surface area contributed by atoms with Crippen LogP contribution in [0.1, 0.15) is 22.3 Å². The lowest BCUT2D eigenvalue weighted by Gasteiger charge is -2.39. The van der Waals surface area contributed by atoms with Crippen LogP contribution in [-0.2, 0) is 16.6 Å². The number of hydrogen-bond acceptors (Lipinski definition) is 9. The van der Waals surface area contributed by atoms with Crippen molar-refractivity contribution in [3.05, 3.63) is 70.1 Å². The minimum Gasteiger partial charge on any atom is -0.437 e. The molecule has 1 aliphatic heterocycles. The second-order valence-electron chi connectivity index (χ2n) is 8.86. The number of fused-ring (bicyclic) bond motifs is 1. The van der Waals surface area contributed by atoms with Crippen LogP contribution in [0.4, 0.5) is 5.95 Å². The largest absolute Gasteiger partial charge is 0.437 e. The molecule has 11 heteroatoms. The minimum atomic E-state index is -3.69. The highest BCUT2D eigenvalue weighted by Crippen LogP contribution is 2.35. The molecular weight excluding hydrogens is 496 g/mol. The number of likely N-dealkylation sites (tertiary alicyclic amines) is 1. The summed E-state index contributed by atoms with van der Waals surface area (Å²) < 4.78 is 30.0. The van der Waals surface area contributed by atoms with Gasteiger partial charge in [0, 0.05) is 19.6 Å². The Morgan fingerprint density at radius 2 is 1.86 bits per heavy atom. The van der Waals surface area contributed by atoms with E-state index in [0.717, 1.165) is 40.0 Å². The molecule has 5 rings (SSSR count). The fourth-order valence-electron chi connectivity index (χ4n) is 4.26. The second-order valence-corrected chi connectivity index (χ2v) is 11.3. The predicted octanol–water partition coefficient (Wildman–Crippen LogP) is 3.92. The van der Waals surface area contributed by atoms with Gasteiger partial charge in [0.15, 0.2) is 0 Å². The Morgan fingerprint density at radius 1 is 1.17 bits per heavy atom. The monoisotopic (exact) mass is 520 g/mol. The molecule has 2 aromatic carbocycles. The molecule has 3 heterocycles. The van der Waals surface area contributed by atoms with Crippen LogP contribution in [0.5, 0.6) is 11.6 Å². The highest BCUT2D eigenvalue weighted by Gasteiger charge is 2.28. The van der Waals surface area contributed by atoms with Crippen molar-refractivity contribution in [1.82, 2.24) is 14.9 Å².